The molecule has 0 saturated heterocycles. The van der Waals surface area contributed by atoms with Gasteiger partial charge in [0.1, 0.15) is 0 Å². The van der Waals surface area contributed by atoms with Gasteiger partial charge in [0.15, 0.2) is 5.78 Å². The Morgan fingerprint density at radius 1 is 1.27 bits per heavy atom. The van der Waals surface area contributed by atoms with E-state index < -0.39 is 5.91 Å². The van der Waals surface area contributed by atoms with Crippen LogP contribution in [0.3, 0.4) is 0 Å². The van der Waals surface area contributed by atoms with Crippen LogP contribution in [0, 0.1) is 18.3 Å². The lowest BCUT2D eigenvalue weighted by Gasteiger charge is -2.29. The summed E-state index contributed by atoms with van der Waals surface area (Å²) >= 11 is 4.02. The number of nitrogens with zero attached hydrogens (tertiary/aromatic N) is 3. The molecule has 1 saturated carbocycles. The van der Waals surface area contributed by atoms with E-state index in [1.165, 1.54) is 0 Å². The first-order valence-corrected chi connectivity index (χ1v) is 11.9. The van der Waals surface area contributed by atoms with E-state index in [1.807, 2.05) is 23.7 Å². The smallest absolute Gasteiger partial charge is 0.248 e. The number of benzene rings is 1. The maximum absolute atomic E-state index is 12.7. The van der Waals surface area contributed by atoms with Crippen molar-refractivity contribution in [2.75, 3.05) is 7.05 Å². The van der Waals surface area contributed by atoms with E-state index >= 15 is 0 Å². The van der Waals surface area contributed by atoms with Crippen LogP contribution in [0.15, 0.2) is 22.6 Å². The highest BCUT2D eigenvalue weighted by Crippen LogP contribution is 2.37. The fourth-order valence-electron chi connectivity index (χ4n) is 5.13. The molecule has 2 aromatic rings. The summed E-state index contributed by atoms with van der Waals surface area (Å²) in [6.07, 6.45) is 5.37. The summed E-state index contributed by atoms with van der Waals surface area (Å²) in [4.78, 5) is 24.8. The highest BCUT2D eigenvalue weighted by atomic mass is 32.1. The minimum atomic E-state index is -0.428. The largest absolute Gasteiger partial charge is 0.393 e. The van der Waals surface area contributed by atoms with E-state index in [0.29, 0.717) is 17.9 Å². The Morgan fingerprint density at radius 3 is 2.52 bits per heavy atom. The number of aliphatic hydroxyl groups excluding tert-OH is 1. The zero-order valence-electron chi connectivity index (χ0n) is 19.9. The van der Waals surface area contributed by atoms with Gasteiger partial charge in [-0.05, 0) is 80.5 Å². The van der Waals surface area contributed by atoms with Crippen LogP contribution in [-0.2, 0) is 25.3 Å². The maximum atomic E-state index is 12.7. The number of aromatic nitrogens is 2. The molecule has 0 atom stereocenters. The minimum absolute atomic E-state index is 0.104. The van der Waals surface area contributed by atoms with Crippen LogP contribution >= 0.6 is 0 Å². The third-order valence-electron chi connectivity index (χ3n) is 6.64. The van der Waals surface area contributed by atoms with Crippen molar-refractivity contribution in [3.63, 3.8) is 0 Å². The van der Waals surface area contributed by atoms with Crippen molar-refractivity contribution in [1.82, 2.24) is 9.78 Å². The Bertz CT molecular complexity index is 1050. The standard InChI is InChI=1S/C24H31N3O3.CH3NS/c1-14-22-20(12-24(2,3)13-21(22)29)27(26-14)17-6-9-19(23(25)30)16(11-17)10-15-4-7-18(28)8-5-15;1-2-3/h6,9,11,15,18,28H,4-5,7-8,10,12-13H2,1-3H3,(H2,25,30);1H3. The number of aliphatic hydroxyl groups is 1. The molecule has 4 rings (SSSR count). The molecule has 7 nitrogen and oxygen atoms in total. The second kappa shape index (κ2) is 10.2. The quantitative estimate of drug-likeness (QED) is 0.705. The molecule has 1 fully saturated rings. The van der Waals surface area contributed by atoms with Crippen LogP contribution < -0.4 is 5.73 Å². The molecule has 178 valence electrons. The van der Waals surface area contributed by atoms with Gasteiger partial charge >= 0.3 is 0 Å². The predicted molar refractivity (Wildman–Crippen MR) is 131 cm³/mol. The summed E-state index contributed by atoms with van der Waals surface area (Å²) in [7, 11) is 1.56. The van der Waals surface area contributed by atoms with Crippen molar-refractivity contribution in [2.24, 2.45) is 21.4 Å². The van der Waals surface area contributed by atoms with E-state index in [-0.39, 0.29) is 17.3 Å². The lowest BCUT2D eigenvalue weighted by Crippen LogP contribution is -2.28. The number of primary amides is 1. The SMILES string of the molecule is CN=S.Cc1nn(-c2ccc(C(N)=O)c(CC3CCC(O)CC3)c2)c2c1C(=O)CC(C)(C)C2. The third kappa shape index (κ3) is 5.73. The van der Waals surface area contributed by atoms with Crippen molar-refractivity contribution in [3.8, 4) is 5.69 Å². The van der Waals surface area contributed by atoms with Gasteiger partial charge in [0.05, 0.1) is 28.7 Å². The molecular formula is C25H34N4O3S. The number of ketones is 1. The van der Waals surface area contributed by atoms with Gasteiger partial charge in [-0.1, -0.05) is 13.8 Å². The van der Waals surface area contributed by atoms with Gasteiger partial charge in [0.2, 0.25) is 5.91 Å². The first kappa shape index (κ1) is 25.2. The zero-order valence-corrected chi connectivity index (χ0v) is 20.7. The Kier molecular flexibility index (Phi) is 7.80. The molecule has 2 aliphatic carbocycles. The molecular weight excluding hydrogens is 436 g/mol. The number of rotatable bonds is 4. The molecule has 1 amide bonds. The average Bonchev–Trinajstić information content (AvgIpc) is 3.05. The molecule has 0 spiro atoms. The molecule has 33 heavy (non-hydrogen) atoms. The number of carbonyl (C=O) groups excluding carboxylic acids is 2. The lowest BCUT2D eigenvalue weighted by molar-refractivity contribution is 0.0909. The molecule has 0 unspecified atom stereocenters. The second-order valence-electron chi connectivity index (χ2n) is 10.0. The lowest BCUT2D eigenvalue weighted by atomic mass is 9.75. The molecule has 0 radical (unpaired) electrons. The number of Topliss-reactive ketones (excluding diaryl/α,β-unsaturated/α-hetero) is 1. The number of fused-ring (bicyclic) bond motifs is 1. The summed E-state index contributed by atoms with van der Waals surface area (Å²) in [6, 6.07) is 5.65. The molecule has 0 bridgehead atoms. The van der Waals surface area contributed by atoms with Gasteiger partial charge in [0, 0.05) is 31.5 Å². The summed E-state index contributed by atoms with van der Waals surface area (Å²) < 4.78 is 4.96. The molecule has 0 aliphatic heterocycles. The van der Waals surface area contributed by atoms with Crippen LogP contribution in [0.2, 0.25) is 0 Å². The van der Waals surface area contributed by atoms with Crippen LogP contribution in [0.5, 0.6) is 0 Å². The predicted octanol–water partition coefficient (Wildman–Crippen LogP) is 3.88. The fraction of sp³-hybridized carbons (Fsp3) is 0.560. The summed E-state index contributed by atoms with van der Waals surface area (Å²) in [5, 5.41) is 14.5. The van der Waals surface area contributed by atoms with E-state index in [9.17, 15) is 14.7 Å². The molecule has 1 aromatic heterocycles. The molecule has 2 aliphatic rings. The van der Waals surface area contributed by atoms with E-state index in [4.69, 9.17) is 10.8 Å². The van der Waals surface area contributed by atoms with E-state index in [0.717, 1.165) is 66.7 Å². The first-order chi connectivity index (χ1) is 15.6. The highest BCUT2D eigenvalue weighted by Gasteiger charge is 2.35. The number of hydrogen-bond acceptors (Lipinski definition) is 6. The van der Waals surface area contributed by atoms with Crippen molar-refractivity contribution < 1.29 is 14.7 Å². The molecule has 1 aromatic carbocycles. The first-order valence-electron chi connectivity index (χ1n) is 11.5. The van der Waals surface area contributed by atoms with Crippen LogP contribution in [0.1, 0.15) is 83.6 Å². The van der Waals surface area contributed by atoms with Gasteiger partial charge in [-0.25, -0.2) is 9.04 Å². The second-order valence-corrected chi connectivity index (χ2v) is 10.4. The van der Waals surface area contributed by atoms with Gasteiger partial charge in [-0.3, -0.25) is 9.59 Å². The number of aryl methyl sites for hydroxylation is 1. The Morgan fingerprint density at radius 2 is 1.91 bits per heavy atom. The number of hydrogen-bond donors (Lipinski definition) is 2. The van der Waals surface area contributed by atoms with Crippen molar-refractivity contribution in [3.05, 3.63) is 46.3 Å². The molecule has 1 heterocycles. The minimum Gasteiger partial charge on any atom is -0.393 e. The zero-order chi connectivity index (χ0) is 24.3. The van der Waals surface area contributed by atoms with Crippen LogP contribution in [-0.4, -0.2) is 39.7 Å². The normalized spacial score (nSPS) is 21.5. The van der Waals surface area contributed by atoms with Crippen molar-refractivity contribution >= 4 is 24.1 Å². The summed E-state index contributed by atoms with van der Waals surface area (Å²) in [5.41, 5.74) is 10.3. The number of carbonyl (C=O) groups is 2. The van der Waals surface area contributed by atoms with Gasteiger partial charge in [-0.2, -0.15) is 5.10 Å². The Hall–Kier alpha value is -2.45. The van der Waals surface area contributed by atoms with Gasteiger partial charge in [-0.15, -0.1) is 0 Å². The van der Waals surface area contributed by atoms with Gasteiger partial charge in [0.25, 0.3) is 0 Å². The number of amides is 1. The Labute approximate surface area is 200 Å². The van der Waals surface area contributed by atoms with Gasteiger partial charge < -0.3 is 10.8 Å². The van der Waals surface area contributed by atoms with E-state index in [2.05, 4.69) is 30.6 Å². The van der Waals surface area contributed by atoms with Crippen LogP contribution in [0.25, 0.3) is 5.69 Å². The summed E-state index contributed by atoms with van der Waals surface area (Å²) in [5.74, 6) is 0.151. The van der Waals surface area contributed by atoms with Crippen molar-refractivity contribution in [2.45, 2.75) is 71.8 Å². The summed E-state index contributed by atoms with van der Waals surface area (Å²) in [6.45, 7) is 6.11. The topological polar surface area (TPSA) is 111 Å². The monoisotopic (exact) mass is 470 g/mol. The maximum Gasteiger partial charge on any atom is 0.248 e. The van der Waals surface area contributed by atoms with Crippen LogP contribution in [0.4, 0.5) is 0 Å². The molecule has 3 N–H and O–H groups in total. The number of nitrogens with two attached hydrogens (primary N) is 1. The third-order valence-corrected chi connectivity index (χ3v) is 6.64. The van der Waals surface area contributed by atoms with Crippen molar-refractivity contribution in [1.29, 1.82) is 0 Å². The fourth-order valence-corrected chi connectivity index (χ4v) is 5.13. The molecule has 8 heteroatoms. The van der Waals surface area contributed by atoms with E-state index in [1.54, 1.807) is 13.1 Å². The highest BCUT2D eigenvalue weighted by molar-refractivity contribution is 7.47. The Balaban J connectivity index is 0.000000968. The average molecular weight is 471 g/mol.